The smallest absolute Gasteiger partial charge is 0.193 e. The van der Waals surface area contributed by atoms with E-state index in [0.29, 0.717) is 13.0 Å². The maximum Gasteiger partial charge on any atom is 0.193 e. The highest BCUT2D eigenvalue weighted by molar-refractivity contribution is 6.74. The lowest BCUT2D eigenvalue weighted by Gasteiger charge is -2.50. The van der Waals surface area contributed by atoms with Gasteiger partial charge >= 0.3 is 0 Å². The van der Waals surface area contributed by atoms with Crippen molar-refractivity contribution in [3.05, 3.63) is 12.2 Å². The van der Waals surface area contributed by atoms with Crippen LogP contribution in [0.15, 0.2) is 12.2 Å². The molecule has 1 saturated heterocycles. The van der Waals surface area contributed by atoms with Gasteiger partial charge in [0.1, 0.15) is 0 Å². The lowest BCUT2D eigenvalue weighted by atomic mass is 9.90. The van der Waals surface area contributed by atoms with Crippen LogP contribution in [0.2, 0.25) is 18.1 Å². The molecule has 2 heterocycles. The van der Waals surface area contributed by atoms with Crippen molar-refractivity contribution in [1.29, 1.82) is 0 Å². The van der Waals surface area contributed by atoms with Crippen molar-refractivity contribution >= 4 is 8.32 Å². The Kier molecular flexibility index (Phi) is 6.69. The first-order chi connectivity index (χ1) is 12.2. The molecule has 0 aromatic rings. The average molecular weight is 403 g/mol. The van der Waals surface area contributed by atoms with Crippen molar-refractivity contribution in [3.63, 3.8) is 0 Å². The molecule has 6 nitrogen and oxygen atoms in total. The molecule has 5 atom stereocenters. The van der Waals surface area contributed by atoms with Gasteiger partial charge in [-0.25, -0.2) is 0 Å². The van der Waals surface area contributed by atoms with E-state index in [2.05, 4.69) is 33.9 Å². The van der Waals surface area contributed by atoms with Crippen LogP contribution < -0.4 is 0 Å². The van der Waals surface area contributed by atoms with Gasteiger partial charge in [-0.05, 0) is 38.1 Å². The van der Waals surface area contributed by atoms with Crippen LogP contribution in [0.5, 0.6) is 0 Å². The van der Waals surface area contributed by atoms with Crippen molar-refractivity contribution in [3.8, 4) is 0 Å². The van der Waals surface area contributed by atoms with Crippen LogP contribution >= 0.6 is 0 Å². The largest absolute Gasteiger partial charge is 0.408 e. The van der Waals surface area contributed by atoms with E-state index in [1.807, 2.05) is 32.9 Å². The van der Waals surface area contributed by atoms with Crippen molar-refractivity contribution in [2.75, 3.05) is 13.2 Å². The summed E-state index contributed by atoms with van der Waals surface area (Å²) < 4.78 is 24.7. The average Bonchev–Trinajstić information content (AvgIpc) is 2.53. The molecule has 2 aliphatic rings. The monoisotopic (exact) mass is 402 g/mol. The van der Waals surface area contributed by atoms with Gasteiger partial charge < -0.3 is 28.8 Å². The summed E-state index contributed by atoms with van der Waals surface area (Å²) in [7, 11) is -1.89. The molecule has 27 heavy (non-hydrogen) atoms. The molecule has 0 amide bonds. The Bertz CT molecular complexity index is 541. The van der Waals surface area contributed by atoms with Gasteiger partial charge in [-0.2, -0.15) is 0 Å². The van der Waals surface area contributed by atoms with Crippen LogP contribution in [0, 0.1) is 5.92 Å². The Hall–Kier alpha value is -0.283. The van der Waals surface area contributed by atoms with E-state index in [1.54, 1.807) is 0 Å². The molecule has 0 aromatic carbocycles. The van der Waals surface area contributed by atoms with Gasteiger partial charge in [-0.3, -0.25) is 0 Å². The van der Waals surface area contributed by atoms with Crippen LogP contribution in [0.25, 0.3) is 0 Å². The van der Waals surface area contributed by atoms with Crippen LogP contribution in [-0.2, 0) is 18.6 Å². The molecule has 0 aliphatic carbocycles. The van der Waals surface area contributed by atoms with E-state index in [9.17, 15) is 10.2 Å². The summed E-state index contributed by atoms with van der Waals surface area (Å²) in [5.41, 5.74) is 0. The normalized spacial score (nSPS) is 33.9. The first-order valence-electron chi connectivity index (χ1n) is 9.88. The molecule has 1 fully saturated rings. The maximum absolute atomic E-state index is 10.0. The SMILES string of the molecule is C[C@@H](C(O)CO)[C@@H]1C[C@]2(C=C[C@@H](O[Si](C)(C)C(C)(C)C)CO2)OC(C)(C)O1. The minimum Gasteiger partial charge on any atom is -0.408 e. The topological polar surface area (TPSA) is 77.4 Å². The lowest BCUT2D eigenvalue weighted by Crippen LogP contribution is -2.57. The summed E-state index contributed by atoms with van der Waals surface area (Å²) in [4.78, 5) is 0. The van der Waals surface area contributed by atoms with Crippen molar-refractivity contribution in [2.45, 2.75) is 96.0 Å². The Morgan fingerprint density at radius 2 is 1.93 bits per heavy atom. The van der Waals surface area contributed by atoms with Gasteiger partial charge in [-0.1, -0.05) is 33.8 Å². The van der Waals surface area contributed by atoms with Gasteiger partial charge in [-0.15, -0.1) is 0 Å². The molecule has 2 N–H and O–H groups in total. The Morgan fingerprint density at radius 3 is 2.41 bits per heavy atom. The van der Waals surface area contributed by atoms with Gasteiger partial charge in [0.25, 0.3) is 0 Å². The fourth-order valence-electron chi connectivity index (χ4n) is 3.28. The highest BCUT2D eigenvalue weighted by atomic mass is 28.4. The van der Waals surface area contributed by atoms with Crippen molar-refractivity contribution in [2.24, 2.45) is 5.92 Å². The van der Waals surface area contributed by atoms with E-state index in [1.165, 1.54) is 0 Å². The van der Waals surface area contributed by atoms with E-state index < -0.39 is 26.0 Å². The molecule has 0 bridgehead atoms. The molecular formula is C20H38O6Si. The minimum atomic E-state index is -1.89. The third-order valence-corrected chi connectivity index (χ3v) is 10.5. The molecule has 2 aliphatic heterocycles. The van der Waals surface area contributed by atoms with E-state index in [-0.39, 0.29) is 29.8 Å². The molecule has 7 heteroatoms. The van der Waals surface area contributed by atoms with Crippen LogP contribution in [0.4, 0.5) is 0 Å². The Labute approximate surface area is 165 Å². The highest BCUT2D eigenvalue weighted by Crippen LogP contribution is 2.42. The molecule has 0 aromatic heterocycles. The number of aliphatic hydroxyl groups excluding tert-OH is 2. The van der Waals surface area contributed by atoms with E-state index in [4.69, 9.17) is 18.6 Å². The fourth-order valence-corrected chi connectivity index (χ4v) is 4.53. The van der Waals surface area contributed by atoms with E-state index >= 15 is 0 Å². The Morgan fingerprint density at radius 1 is 1.30 bits per heavy atom. The summed E-state index contributed by atoms with van der Waals surface area (Å²) in [6.07, 6.45) is 3.20. The molecule has 2 rings (SSSR count). The lowest BCUT2D eigenvalue weighted by molar-refractivity contribution is -0.394. The standard InChI is InChI=1S/C20H38O6Si/c1-14(16(22)12-21)17-11-20(26-19(5,6)24-17)10-9-15(13-23-20)25-27(7,8)18(2,3)4/h9-10,14-17,21-22H,11-13H2,1-8H3/t14-,15+,16?,17-,20-/m0/s1. The summed E-state index contributed by atoms with van der Waals surface area (Å²) in [5.74, 6) is -2.00. The summed E-state index contributed by atoms with van der Waals surface area (Å²) >= 11 is 0. The first-order valence-corrected chi connectivity index (χ1v) is 12.8. The van der Waals surface area contributed by atoms with Gasteiger partial charge in [0.15, 0.2) is 19.9 Å². The maximum atomic E-state index is 10.0. The van der Waals surface area contributed by atoms with Crippen molar-refractivity contribution in [1.82, 2.24) is 0 Å². The summed E-state index contributed by atoms with van der Waals surface area (Å²) in [6.45, 7) is 16.8. The van der Waals surface area contributed by atoms with Crippen molar-refractivity contribution < 1.29 is 28.8 Å². The van der Waals surface area contributed by atoms with Crippen LogP contribution in [0.3, 0.4) is 0 Å². The molecule has 0 saturated carbocycles. The van der Waals surface area contributed by atoms with Gasteiger partial charge in [0.05, 0.1) is 31.5 Å². The quantitative estimate of drug-likeness (QED) is 0.543. The first kappa shape index (κ1) is 23.0. The molecule has 1 unspecified atom stereocenters. The zero-order valence-corrected chi connectivity index (χ0v) is 19.1. The number of hydrogen-bond donors (Lipinski definition) is 2. The third kappa shape index (κ3) is 5.41. The minimum absolute atomic E-state index is 0.0926. The van der Waals surface area contributed by atoms with E-state index in [0.717, 1.165) is 0 Å². The number of rotatable bonds is 5. The molecule has 1 spiro atoms. The van der Waals surface area contributed by atoms with Crippen LogP contribution in [-0.4, -0.2) is 61.6 Å². The predicted molar refractivity (Wildman–Crippen MR) is 107 cm³/mol. The number of ether oxygens (including phenoxy) is 3. The zero-order valence-electron chi connectivity index (χ0n) is 18.1. The fraction of sp³-hybridized carbons (Fsp3) is 0.900. The molecule has 158 valence electrons. The summed E-state index contributed by atoms with van der Waals surface area (Å²) in [5, 5.41) is 19.5. The van der Waals surface area contributed by atoms with Gasteiger partial charge in [0, 0.05) is 12.3 Å². The highest BCUT2D eigenvalue weighted by Gasteiger charge is 2.50. The number of hydrogen-bond acceptors (Lipinski definition) is 6. The predicted octanol–water partition coefficient (Wildman–Crippen LogP) is 3.19. The van der Waals surface area contributed by atoms with Gasteiger partial charge in [0.2, 0.25) is 0 Å². The second-order valence-electron chi connectivity index (χ2n) is 9.87. The second kappa shape index (κ2) is 7.86. The Balaban J connectivity index is 2.14. The van der Waals surface area contributed by atoms with Crippen LogP contribution in [0.1, 0.15) is 48.0 Å². The third-order valence-electron chi connectivity index (χ3n) is 6.03. The molecular weight excluding hydrogens is 364 g/mol. The molecule has 0 radical (unpaired) electrons. The zero-order chi connectivity index (χ0) is 20.7. The number of aliphatic hydroxyl groups is 2. The summed E-state index contributed by atoms with van der Waals surface area (Å²) in [6, 6.07) is 0. The second-order valence-corrected chi connectivity index (χ2v) is 14.6.